The highest BCUT2D eigenvalue weighted by atomic mass is 32.3. The Morgan fingerprint density at radius 1 is 1.67 bits per heavy atom. The van der Waals surface area contributed by atoms with Crippen molar-refractivity contribution >= 4 is 10.4 Å². The molecule has 0 rings (SSSR count). The fourth-order valence-electron chi connectivity index (χ4n) is 0.206. The molecule has 0 unspecified atom stereocenters. The van der Waals surface area contributed by atoms with Gasteiger partial charge in [0.1, 0.15) is 6.26 Å². The van der Waals surface area contributed by atoms with E-state index >= 15 is 0 Å². The Bertz CT molecular complexity index is 179. The van der Waals surface area contributed by atoms with Crippen molar-refractivity contribution < 1.29 is 17.2 Å². The van der Waals surface area contributed by atoms with E-state index in [1.807, 2.05) is 6.92 Å². The average molecular weight is 152 g/mol. The summed E-state index contributed by atoms with van der Waals surface area (Å²) in [5.41, 5.74) is 0. The highest BCUT2D eigenvalue weighted by Crippen LogP contribution is 1.87. The molecule has 0 spiro atoms. The summed E-state index contributed by atoms with van der Waals surface area (Å²) in [6.45, 7) is 1.81. The maximum atomic E-state index is 9.79. The normalized spacial score (nSPS) is 12.2. The molecule has 0 atom stereocenters. The molecule has 0 bridgehead atoms. The Morgan fingerprint density at radius 3 is 2.56 bits per heavy atom. The Morgan fingerprint density at radius 2 is 2.22 bits per heavy atom. The first kappa shape index (κ1) is 8.45. The second-order valence-corrected chi connectivity index (χ2v) is 2.35. The van der Waals surface area contributed by atoms with Crippen LogP contribution >= 0.6 is 0 Å². The third-order valence-corrected chi connectivity index (χ3v) is 0.863. The van der Waals surface area contributed by atoms with Gasteiger partial charge in [0.25, 0.3) is 0 Å². The third kappa shape index (κ3) is 7.45. The molecule has 0 saturated heterocycles. The lowest BCUT2D eigenvalue weighted by Crippen LogP contribution is -1.96. The molecule has 0 fully saturated rings. The molecule has 1 N–H and O–H groups in total. The molecular weight excluding hydrogens is 144 g/mol. The summed E-state index contributed by atoms with van der Waals surface area (Å²) in [7, 11) is -4.28. The van der Waals surface area contributed by atoms with E-state index in [0.29, 0.717) is 6.42 Å². The molecule has 0 aromatic heterocycles. The molecule has 0 radical (unpaired) electrons. The van der Waals surface area contributed by atoms with Gasteiger partial charge in [-0.05, 0) is 12.5 Å². The largest absolute Gasteiger partial charge is 0.445 e. The van der Waals surface area contributed by atoms with Crippen LogP contribution in [0.15, 0.2) is 12.3 Å². The van der Waals surface area contributed by atoms with Gasteiger partial charge in [-0.15, -0.1) is 0 Å². The van der Waals surface area contributed by atoms with Crippen LogP contribution in [0.1, 0.15) is 13.3 Å². The Kier molecular flexibility index (Phi) is 3.26. The lowest BCUT2D eigenvalue weighted by Gasteiger charge is -1.89. The van der Waals surface area contributed by atoms with Gasteiger partial charge in [-0.25, -0.2) is 0 Å². The fraction of sp³-hybridized carbons (Fsp3) is 0.500. The van der Waals surface area contributed by atoms with E-state index in [1.165, 1.54) is 6.08 Å². The zero-order valence-electron chi connectivity index (χ0n) is 4.94. The van der Waals surface area contributed by atoms with Gasteiger partial charge in [0, 0.05) is 0 Å². The summed E-state index contributed by atoms with van der Waals surface area (Å²) >= 11 is 0. The van der Waals surface area contributed by atoms with Crippen LogP contribution in [0, 0.1) is 0 Å². The second-order valence-electron chi connectivity index (χ2n) is 1.30. The second kappa shape index (κ2) is 3.47. The van der Waals surface area contributed by atoms with Gasteiger partial charge in [0.05, 0.1) is 0 Å². The minimum atomic E-state index is -4.28. The topological polar surface area (TPSA) is 63.6 Å². The maximum absolute atomic E-state index is 9.79. The molecule has 0 aliphatic carbocycles. The molecule has 5 heteroatoms. The van der Waals surface area contributed by atoms with Gasteiger partial charge in [-0.1, -0.05) is 6.92 Å². The minimum absolute atomic E-state index is 0.662. The smallest absolute Gasteiger partial charge is 0.370 e. The standard InChI is InChI=1S/C4H8O4S/c1-2-3-4-8-9(5,6)7/h3-4H,2H2,1H3,(H,5,6,7). The zero-order chi connectivity index (χ0) is 7.33. The predicted molar refractivity (Wildman–Crippen MR) is 32.1 cm³/mol. The van der Waals surface area contributed by atoms with Crippen LogP contribution in [0.25, 0.3) is 0 Å². The summed E-state index contributed by atoms with van der Waals surface area (Å²) in [6, 6.07) is 0. The number of rotatable bonds is 3. The van der Waals surface area contributed by atoms with E-state index < -0.39 is 10.4 Å². The van der Waals surface area contributed by atoms with Crippen LogP contribution in [0.2, 0.25) is 0 Å². The van der Waals surface area contributed by atoms with Crippen molar-refractivity contribution in [3.05, 3.63) is 12.3 Å². The zero-order valence-corrected chi connectivity index (χ0v) is 5.76. The third-order valence-electron chi connectivity index (χ3n) is 0.509. The van der Waals surface area contributed by atoms with Crippen LogP contribution in [0.4, 0.5) is 0 Å². The molecule has 9 heavy (non-hydrogen) atoms. The van der Waals surface area contributed by atoms with E-state index in [4.69, 9.17) is 4.55 Å². The van der Waals surface area contributed by atoms with Crippen LogP contribution in [0.5, 0.6) is 0 Å². The lowest BCUT2D eigenvalue weighted by molar-refractivity contribution is 0.355. The van der Waals surface area contributed by atoms with Gasteiger partial charge in [0.2, 0.25) is 0 Å². The van der Waals surface area contributed by atoms with Crippen molar-refractivity contribution in [3.8, 4) is 0 Å². The van der Waals surface area contributed by atoms with Crippen molar-refractivity contribution in [3.63, 3.8) is 0 Å². The maximum Gasteiger partial charge on any atom is 0.445 e. The molecule has 0 aliphatic rings. The summed E-state index contributed by atoms with van der Waals surface area (Å²) in [6.07, 6.45) is 3.05. The number of hydrogen-bond acceptors (Lipinski definition) is 3. The summed E-state index contributed by atoms with van der Waals surface area (Å²) in [5, 5.41) is 0. The van der Waals surface area contributed by atoms with E-state index in [1.54, 1.807) is 0 Å². The fourth-order valence-corrected chi connectivity index (χ4v) is 0.425. The van der Waals surface area contributed by atoms with Crippen LogP contribution in [0.3, 0.4) is 0 Å². The van der Waals surface area contributed by atoms with Crippen molar-refractivity contribution in [2.45, 2.75) is 13.3 Å². The minimum Gasteiger partial charge on any atom is -0.370 e. The molecule has 4 nitrogen and oxygen atoms in total. The van der Waals surface area contributed by atoms with E-state index in [2.05, 4.69) is 4.18 Å². The van der Waals surface area contributed by atoms with Crippen molar-refractivity contribution in [2.24, 2.45) is 0 Å². The molecule has 0 aromatic carbocycles. The Balaban J connectivity index is 3.65. The Labute approximate surface area is 54.1 Å². The van der Waals surface area contributed by atoms with Gasteiger partial charge >= 0.3 is 10.4 Å². The SMILES string of the molecule is CCC=COS(=O)(=O)O. The molecular formula is C4H8O4S. The highest BCUT2D eigenvalue weighted by molar-refractivity contribution is 7.81. The highest BCUT2D eigenvalue weighted by Gasteiger charge is 1.97. The first-order valence-electron chi connectivity index (χ1n) is 2.37. The van der Waals surface area contributed by atoms with Gasteiger partial charge in [-0.2, -0.15) is 8.42 Å². The molecule has 54 valence electrons. The Hall–Kier alpha value is -0.550. The molecule has 0 heterocycles. The monoisotopic (exact) mass is 152 g/mol. The van der Waals surface area contributed by atoms with E-state index in [9.17, 15) is 8.42 Å². The van der Waals surface area contributed by atoms with Crippen molar-refractivity contribution in [2.75, 3.05) is 0 Å². The van der Waals surface area contributed by atoms with Gasteiger partial charge < -0.3 is 4.18 Å². The first-order chi connectivity index (χ1) is 4.06. The lowest BCUT2D eigenvalue weighted by atomic mass is 10.5. The van der Waals surface area contributed by atoms with Crippen LogP contribution in [-0.4, -0.2) is 13.0 Å². The summed E-state index contributed by atoms with van der Waals surface area (Å²) in [4.78, 5) is 0. The van der Waals surface area contributed by atoms with Gasteiger partial charge in [-0.3, -0.25) is 4.55 Å². The van der Waals surface area contributed by atoms with Crippen molar-refractivity contribution in [1.29, 1.82) is 0 Å². The first-order valence-corrected chi connectivity index (χ1v) is 3.73. The van der Waals surface area contributed by atoms with E-state index in [-0.39, 0.29) is 0 Å². The molecule has 0 aliphatic heterocycles. The predicted octanol–water partition coefficient (Wildman–Crippen LogP) is 0.730. The summed E-state index contributed by atoms with van der Waals surface area (Å²) in [5.74, 6) is 0. The molecule has 0 saturated carbocycles. The van der Waals surface area contributed by atoms with Gasteiger partial charge in [0.15, 0.2) is 0 Å². The van der Waals surface area contributed by atoms with Crippen molar-refractivity contribution in [1.82, 2.24) is 0 Å². The van der Waals surface area contributed by atoms with Crippen LogP contribution < -0.4 is 0 Å². The van der Waals surface area contributed by atoms with Crippen LogP contribution in [-0.2, 0) is 14.6 Å². The summed E-state index contributed by atoms with van der Waals surface area (Å²) < 4.78 is 31.3. The number of allylic oxidation sites excluding steroid dienone is 1. The van der Waals surface area contributed by atoms with E-state index in [0.717, 1.165) is 6.26 Å². The average Bonchev–Trinajstić information content (AvgIpc) is 1.63. The quantitative estimate of drug-likeness (QED) is 0.478. The molecule has 0 aromatic rings. The molecule has 0 amide bonds. The number of hydrogen-bond donors (Lipinski definition) is 1.